The van der Waals surface area contributed by atoms with E-state index in [9.17, 15) is 13.2 Å². The van der Waals surface area contributed by atoms with Crippen LogP contribution in [0.5, 0.6) is 17.2 Å². The van der Waals surface area contributed by atoms with E-state index in [-0.39, 0.29) is 36.4 Å². The second-order valence-electron chi connectivity index (χ2n) is 8.11. The summed E-state index contributed by atoms with van der Waals surface area (Å²) in [4.78, 5) is 12.9. The number of ether oxygens (including phenoxy) is 4. The van der Waals surface area contributed by atoms with Crippen LogP contribution in [0, 0.1) is 0 Å². The largest absolute Gasteiger partial charge is 0.497 e. The maximum absolute atomic E-state index is 13.1. The van der Waals surface area contributed by atoms with Gasteiger partial charge in [-0.3, -0.25) is 4.79 Å². The molecule has 0 aromatic heterocycles. The molecule has 0 saturated carbocycles. The van der Waals surface area contributed by atoms with Crippen molar-refractivity contribution in [3.8, 4) is 17.2 Å². The molecule has 1 amide bonds. The average Bonchev–Trinajstić information content (AvgIpc) is 2.83. The number of sulfonamides is 1. The van der Waals surface area contributed by atoms with Crippen LogP contribution >= 0.6 is 0 Å². The van der Waals surface area contributed by atoms with Crippen LogP contribution in [0.4, 0.5) is 5.69 Å². The second kappa shape index (κ2) is 11.5. The van der Waals surface area contributed by atoms with E-state index in [1.807, 2.05) is 26.0 Å². The summed E-state index contributed by atoms with van der Waals surface area (Å²) in [7, 11) is -0.580. The molecule has 34 heavy (non-hydrogen) atoms. The highest BCUT2D eigenvalue weighted by atomic mass is 32.2. The fourth-order valence-electron chi connectivity index (χ4n) is 3.54. The van der Waals surface area contributed by atoms with Gasteiger partial charge in [-0.05, 0) is 56.2 Å². The van der Waals surface area contributed by atoms with Crippen molar-refractivity contribution in [1.82, 2.24) is 4.31 Å². The van der Waals surface area contributed by atoms with Gasteiger partial charge < -0.3 is 24.3 Å². The monoisotopic (exact) mass is 492 g/mol. The molecule has 0 unspecified atom stereocenters. The number of morpholine rings is 1. The summed E-state index contributed by atoms with van der Waals surface area (Å²) < 4.78 is 49.2. The molecular weight excluding hydrogens is 460 g/mol. The highest BCUT2D eigenvalue weighted by Gasteiger charge is 2.27. The van der Waals surface area contributed by atoms with E-state index in [0.717, 1.165) is 5.56 Å². The minimum absolute atomic E-state index is 0.0957. The zero-order valence-corrected chi connectivity index (χ0v) is 20.8. The Balaban J connectivity index is 1.78. The number of benzene rings is 2. The van der Waals surface area contributed by atoms with E-state index < -0.39 is 10.0 Å². The number of carbonyl (C=O) groups excluding carboxylic acids is 1. The Morgan fingerprint density at radius 3 is 2.29 bits per heavy atom. The first-order valence-corrected chi connectivity index (χ1v) is 12.6. The van der Waals surface area contributed by atoms with Gasteiger partial charge in [0, 0.05) is 25.6 Å². The zero-order chi connectivity index (χ0) is 24.7. The standard InChI is InChI=1S/C24H32N2O7S/c1-17(2)33-23-7-6-21(34(28,29)26-9-11-32-12-10-26)16-22(23)25-24(27)8-5-18-13-19(30-3)15-20(14-18)31-4/h6-7,13-17H,5,8-12H2,1-4H3,(H,25,27). The smallest absolute Gasteiger partial charge is 0.243 e. The van der Waals surface area contributed by atoms with Crippen molar-refractivity contribution in [2.75, 3.05) is 45.8 Å². The Morgan fingerprint density at radius 1 is 1.06 bits per heavy atom. The van der Waals surface area contributed by atoms with Gasteiger partial charge in [0.05, 0.1) is 44.1 Å². The van der Waals surface area contributed by atoms with Crippen molar-refractivity contribution in [3.63, 3.8) is 0 Å². The fourth-order valence-corrected chi connectivity index (χ4v) is 4.98. The summed E-state index contributed by atoms with van der Waals surface area (Å²) >= 11 is 0. The van der Waals surface area contributed by atoms with Gasteiger partial charge in [-0.25, -0.2) is 8.42 Å². The van der Waals surface area contributed by atoms with Crippen LogP contribution in [0.25, 0.3) is 0 Å². The van der Waals surface area contributed by atoms with E-state index in [1.165, 1.54) is 16.4 Å². The summed E-state index contributed by atoms with van der Waals surface area (Å²) in [5.74, 6) is 1.43. The molecule has 1 N–H and O–H groups in total. The Labute approximate surface area is 201 Å². The predicted molar refractivity (Wildman–Crippen MR) is 128 cm³/mol. The van der Waals surface area contributed by atoms with Gasteiger partial charge in [-0.2, -0.15) is 4.31 Å². The number of hydrogen-bond acceptors (Lipinski definition) is 7. The van der Waals surface area contributed by atoms with Crippen molar-refractivity contribution in [2.24, 2.45) is 0 Å². The molecule has 0 aliphatic carbocycles. The quantitative estimate of drug-likeness (QED) is 0.544. The maximum Gasteiger partial charge on any atom is 0.243 e. The van der Waals surface area contributed by atoms with Crippen molar-refractivity contribution in [1.29, 1.82) is 0 Å². The zero-order valence-electron chi connectivity index (χ0n) is 20.0. The van der Waals surface area contributed by atoms with Crippen molar-refractivity contribution < 1.29 is 32.2 Å². The molecule has 1 aliphatic rings. The first-order valence-electron chi connectivity index (χ1n) is 11.1. The van der Waals surface area contributed by atoms with Crippen LogP contribution in [-0.2, 0) is 26.0 Å². The lowest BCUT2D eigenvalue weighted by molar-refractivity contribution is -0.116. The van der Waals surface area contributed by atoms with Gasteiger partial charge in [0.2, 0.25) is 15.9 Å². The van der Waals surface area contributed by atoms with E-state index in [0.29, 0.717) is 42.6 Å². The highest BCUT2D eigenvalue weighted by molar-refractivity contribution is 7.89. The van der Waals surface area contributed by atoms with E-state index >= 15 is 0 Å². The lowest BCUT2D eigenvalue weighted by atomic mass is 10.1. The Morgan fingerprint density at radius 2 is 1.71 bits per heavy atom. The molecule has 10 heteroatoms. The number of anilines is 1. The maximum atomic E-state index is 13.1. The summed E-state index contributed by atoms with van der Waals surface area (Å²) in [6.45, 7) is 5.01. The lowest BCUT2D eigenvalue weighted by Gasteiger charge is -2.26. The highest BCUT2D eigenvalue weighted by Crippen LogP contribution is 2.31. The van der Waals surface area contributed by atoms with Crippen LogP contribution in [0.3, 0.4) is 0 Å². The molecule has 1 heterocycles. The van der Waals surface area contributed by atoms with Gasteiger partial charge in [0.15, 0.2) is 0 Å². The predicted octanol–water partition coefficient (Wildman–Crippen LogP) is 3.08. The molecule has 2 aromatic rings. The van der Waals surface area contributed by atoms with Crippen LogP contribution in [0.15, 0.2) is 41.3 Å². The fraction of sp³-hybridized carbons (Fsp3) is 0.458. The number of rotatable bonds is 10. The Bertz CT molecular complexity index is 1070. The van der Waals surface area contributed by atoms with Gasteiger partial charge in [0.25, 0.3) is 0 Å². The van der Waals surface area contributed by atoms with Crippen LogP contribution in [0.1, 0.15) is 25.8 Å². The van der Waals surface area contributed by atoms with Crippen molar-refractivity contribution >= 4 is 21.6 Å². The second-order valence-corrected chi connectivity index (χ2v) is 10.0. The van der Waals surface area contributed by atoms with Gasteiger partial charge >= 0.3 is 0 Å². The molecule has 2 aromatic carbocycles. The minimum atomic E-state index is -3.72. The van der Waals surface area contributed by atoms with Gasteiger partial charge in [-0.1, -0.05) is 0 Å². The SMILES string of the molecule is COc1cc(CCC(=O)Nc2cc(S(=O)(=O)N3CCOCC3)ccc2OC(C)C)cc(OC)c1. The topological polar surface area (TPSA) is 103 Å². The van der Waals surface area contributed by atoms with Crippen LogP contribution in [-0.4, -0.2) is 65.3 Å². The minimum Gasteiger partial charge on any atom is -0.497 e. The van der Waals surface area contributed by atoms with Crippen LogP contribution in [0.2, 0.25) is 0 Å². The third-order valence-corrected chi connectivity index (χ3v) is 7.14. The van der Waals surface area contributed by atoms with E-state index in [2.05, 4.69) is 5.32 Å². The number of methoxy groups -OCH3 is 2. The molecule has 0 atom stereocenters. The normalized spacial score (nSPS) is 14.6. The molecule has 9 nitrogen and oxygen atoms in total. The molecular formula is C24H32N2O7S. The summed E-state index contributed by atoms with van der Waals surface area (Å²) in [6.07, 6.45) is 0.477. The summed E-state index contributed by atoms with van der Waals surface area (Å²) in [5, 5.41) is 2.82. The molecule has 1 saturated heterocycles. The molecule has 1 fully saturated rings. The summed E-state index contributed by atoms with van der Waals surface area (Å²) in [6, 6.07) is 9.99. The number of nitrogens with zero attached hydrogens (tertiary/aromatic N) is 1. The van der Waals surface area contributed by atoms with Crippen molar-refractivity contribution in [3.05, 3.63) is 42.0 Å². The molecule has 0 radical (unpaired) electrons. The number of carbonyl (C=O) groups is 1. The number of aryl methyl sites for hydroxylation is 1. The summed E-state index contributed by atoms with van der Waals surface area (Å²) in [5.41, 5.74) is 1.20. The number of amides is 1. The first-order chi connectivity index (χ1) is 16.2. The average molecular weight is 493 g/mol. The Hall–Kier alpha value is -2.82. The first kappa shape index (κ1) is 25.8. The number of nitrogens with one attached hydrogen (secondary N) is 1. The van der Waals surface area contributed by atoms with Gasteiger partial charge in [-0.15, -0.1) is 0 Å². The molecule has 0 spiro atoms. The van der Waals surface area contributed by atoms with Gasteiger partial charge in [0.1, 0.15) is 17.2 Å². The molecule has 3 rings (SSSR count). The van der Waals surface area contributed by atoms with Crippen LogP contribution < -0.4 is 19.5 Å². The van der Waals surface area contributed by atoms with E-state index in [1.54, 1.807) is 26.4 Å². The molecule has 186 valence electrons. The molecule has 1 aliphatic heterocycles. The Kier molecular flexibility index (Phi) is 8.76. The van der Waals surface area contributed by atoms with E-state index in [4.69, 9.17) is 18.9 Å². The number of hydrogen-bond donors (Lipinski definition) is 1. The third-order valence-electron chi connectivity index (χ3n) is 5.25. The van der Waals surface area contributed by atoms with Crippen molar-refractivity contribution in [2.45, 2.75) is 37.7 Å². The lowest BCUT2D eigenvalue weighted by Crippen LogP contribution is -2.40. The third kappa shape index (κ3) is 6.62. The molecule has 0 bridgehead atoms.